The summed E-state index contributed by atoms with van der Waals surface area (Å²) in [5.41, 5.74) is 2.70. The van der Waals surface area contributed by atoms with E-state index in [1.165, 1.54) is 0 Å². The molecule has 0 aliphatic rings. The minimum Gasteiger partial charge on any atom is -0.356 e. The second-order valence-electron chi connectivity index (χ2n) is 4.42. The quantitative estimate of drug-likeness (QED) is 0.844. The molecule has 1 atom stereocenters. The van der Waals surface area contributed by atoms with Gasteiger partial charge in [-0.3, -0.25) is 0 Å². The first-order chi connectivity index (χ1) is 9.69. The molecule has 0 amide bonds. The van der Waals surface area contributed by atoms with Crippen molar-refractivity contribution < 1.29 is 0 Å². The van der Waals surface area contributed by atoms with Crippen LogP contribution < -0.4 is 10.6 Å². The van der Waals surface area contributed by atoms with Gasteiger partial charge in [-0.15, -0.1) is 0 Å². The molecular weight excluding hydrogens is 266 g/mol. The van der Waals surface area contributed by atoms with Gasteiger partial charge in [-0.1, -0.05) is 30.3 Å². The molecule has 0 bridgehead atoms. The fourth-order valence-corrected chi connectivity index (χ4v) is 2.11. The predicted octanol–water partition coefficient (Wildman–Crippen LogP) is 3.61. The van der Waals surface area contributed by atoms with Crippen LogP contribution in [0.1, 0.15) is 24.1 Å². The number of hydrogen-bond acceptors (Lipinski definition) is 2. The van der Waals surface area contributed by atoms with E-state index in [-0.39, 0.29) is 6.04 Å². The van der Waals surface area contributed by atoms with Crippen molar-refractivity contribution in [3.8, 4) is 6.07 Å². The van der Waals surface area contributed by atoms with Crippen molar-refractivity contribution in [3.05, 3.63) is 65.7 Å². The number of benzene rings is 2. The van der Waals surface area contributed by atoms with Crippen LogP contribution in [0.2, 0.25) is 0 Å². The lowest BCUT2D eigenvalue weighted by Crippen LogP contribution is -2.30. The van der Waals surface area contributed by atoms with Crippen LogP contribution in [0.25, 0.3) is 0 Å². The van der Waals surface area contributed by atoms with Gasteiger partial charge in [-0.25, -0.2) is 0 Å². The van der Waals surface area contributed by atoms with Gasteiger partial charge in [-0.05, 0) is 49.0 Å². The summed E-state index contributed by atoms with van der Waals surface area (Å²) in [6.07, 6.45) is 0. The third-order valence-electron chi connectivity index (χ3n) is 2.92. The SMILES string of the molecule is CC(NC(=S)Nc1ccccc1)c1ccc(C#N)cc1. The van der Waals surface area contributed by atoms with Crippen molar-refractivity contribution in [2.24, 2.45) is 0 Å². The number of nitriles is 1. The number of hydrogen-bond donors (Lipinski definition) is 2. The summed E-state index contributed by atoms with van der Waals surface area (Å²) in [7, 11) is 0. The third kappa shape index (κ3) is 3.81. The van der Waals surface area contributed by atoms with Crippen LogP contribution in [-0.2, 0) is 0 Å². The van der Waals surface area contributed by atoms with E-state index >= 15 is 0 Å². The standard InChI is InChI=1S/C16H15N3S/c1-12(14-9-7-13(11-17)8-10-14)18-16(20)19-15-5-3-2-4-6-15/h2-10,12H,1H3,(H2,18,19,20). The normalized spacial score (nSPS) is 11.2. The Morgan fingerprint density at radius 1 is 1.10 bits per heavy atom. The van der Waals surface area contributed by atoms with Crippen LogP contribution >= 0.6 is 12.2 Å². The molecule has 0 heterocycles. The average molecular weight is 281 g/mol. The molecule has 100 valence electrons. The summed E-state index contributed by atoms with van der Waals surface area (Å²) in [6, 6.07) is 19.4. The zero-order valence-corrected chi connectivity index (χ0v) is 11.9. The maximum atomic E-state index is 8.78. The Hall–Kier alpha value is -2.38. The second-order valence-corrected chi connectivity index (χ2v) is 4.83. The van der Waals surface area contributed by atoms with Gasteiger partial charge in [0.2, 0.25) is 0 Å². The van der Waals surface area contributed by atoms with Gasteiger partial charge in [0.1, 0.15) is 0 Å². The molecule has 0 spiro atoms. The smallest absolute Gasteiger partial charge is 0.171 e. The average Bonchev–Trinajstić information content (AvgIpc) is 2.48. The summed E-state index contributed by atoms with van der Waals surface area (Å²) in [5, 5.41) is 15.7. The van der Waals surface area contributed by atoms with Crippen molar-refractivity contribution in [3.63, 3.8) is 0 Å². The maximum absolute atomic E-state index is 8.78. The van der Waals surface area contributed by atoms with Crippen LogP contribution in [0.4, 0.5) is 5.69 Å². The zero-order valence-electron chi connectivity index (χ0n) is 11.1. The van der Waals surface area contributed by atoms with Crippen LogP contribution in [0.15, 0.2) is 54.6 Å². The van der Waals surface area contributed by atoms with E-state index in [1.54, 1.807) is 12.1 Å². The molecule has 1 unspecified atom stereocenters. The molecule has 0 fully saturated rings. The monoisotopic (exact) mass is 281 g/mol. The molecule has 2 aromatic carbocycles. The van der Waals surface area contributed by atoms with Crippen LogP contribution in [-0.4, -0.2) is 5.11 Å². The second kappa shape index (κ2) is 6.69. The molecule has 2 N–H and O–H groups in total. The molecule has 0 aliphatic heterocycles. The maximum Gasteiger partial charge on any atom is 0.171 e. The molecular formula is C16H15N3S. The number of nitrogens with one attached hydrogen (secondary N) is 2. The van der Waals surface area contributed by atoms with Gasteiger partial charge >= 0.3 is 0 Å². The third-order valence-corrected chi connectivity index (χ3v) is 3.14. The summed E-state index contributed by atoms with van der Waals surface area (Å²) >= 11 is 5.29. The van der Waals surface area contributed by atoms with Crippen molar-refractivity contribution in [2.75, 3.05) is 5.32 Å². The van der Waals surface area contributed by atoms with Gasteiger partial charge < -0.3 is 10.6 Å². The highest BCUT2D eigenvalue weighted by Crippen LogP contribution is 2.13. The Morgan fingerprint density at radius 3 is 2.35 bits per heavy atom. The number of para-hydroxylation sites is 1. The number of thiocarbonyl (C=S) groups is 1. The number of rotatable bonds is 3. The Labute approximate surface area is 124 Å². The molecule has 0 saturated heterocycles. The Morgan fingerprint density at radius 2 is 1.75 bits per heavy atom. The van der Waals surface area contributed by atoms with E-state index in [9.17, 15) is 0 Å². The Kier molecular flexibility index (Phi) is 4.70. The molecule has 20 heavy (non-hydrogen) atoms. The van der Waals surface area contributed by atoms with Crippen molar-refractivity contribution in [2.45, 2.75) is 13.0 Å². The fourth-order valence-electron chi connectivity index (χ4n) is 1.81. The van der Waals surface area contributed by atoms with E-state index in [2.05, 4.69) is 16.7 Å². The van der Waals surface area contributed by atoms with Gasteiger partial charge in [0.05, 0.1) is 17.7 Å². The van der Waals surface area contributed by atoms with E-state index in [4.69, 9.17) is 17.5 Å². The van der Waals surface area contributed by atoms with E-state index in [0.29, 0.717) is 10.7 Å². The lowest BCUT2D eigenvalue weighted by Gasteiger charge is -2.17. The first kappa shape index (κ1) is 14.0. The van der Waals surface area contributed by atoms with Crippen LogP contribution in [0.5, 0.6) is 0 Å². The highest BCUT2D eigenvalue weighted by atomic mass is 32.1. The lowest BCUT2D eigenvalue weighted by molar-refractivity contribution is 0.722. The summed E-state index contributed by atoms with van der Waals surface area (Å²) in [4.78, 5) is 0. The molecule has 0 aromatic heterocycles. The molecule has 0 radical (unpaired) electrons. The first-order valence-electron chi connectivity index (χ1n) is 6.31. The van der Waals surface area contributed by atoms with Crippen molar-refractivity contribution >= 4 is 23.0 Å². The first-order valence-corrected chi connectivity index (χ1v) is 6.72. The van der Waals surface area contributed by atoms with Crippen LogP contribution in [0.3, 0.4) is 0 Å². The van der Waals surface area contributed by atoms with E-state index < -0.39 is 0 Å². The number of anilines is 1. The summed E-state index contributed by atoms with van der Waals surface area (Å²) < 4.78 is 0. The Bertz CT molecular complexity index is 614. The molecule has 2 aromatic rings. The van der Waals surface area contributed by atoms with Crippen molar-refractivity contribution in [1.82, 2.24) is 5.32 Å². The largest absolute Gasteiger partial charge is 0.356 e. The molecule has 0 aliphatic carbocycles. The highest BCUT2D eigenvalue weighted by molar-refractivity contribution is 7.80. The summed E-state index contributed by atoms with van der Waals surface area (Å²) in [6.45, 7) is 2.03. The minimum atomic E-state index is 0.0754. The Balaban J connectivity index is 1.95. The van der Waals surface area contributed by atoms with Crippen molar-refractivity contribution in [1.29, 1.82) is 5.26 Å². The lowest BCUT2D eigenvalue weighted by atomic mass is 10.1. The fraction of sp³-hybridized carbons (Fsp3) is 0.125. The minimum absolute atomic E-state index is 0.0754. The zero-order chi connectivity index (χ0) is 14.4. The molecule has 0 saturated carbocycles. The molecule has 4 heteroatoms. The van der Waals surface area contributed by atoms with Gasteiger partial charge in [0.25, 0.3) is 0 Å². The topological polar surface area (TPSA) is 47.8 Å². The van der Waals surface area contributed by atoms with Crippen LogP contribution in [0, 0.1) is 11.3 Å². The van der Waals surface area contributed by atoms with E-state index in [0.717, 1.165) is 11.3 Å². The van der Waals surface area contributed by atoms with Gasteiger partial charge in [0.15, 0.2) is 5.11 Å². The van der Waals surface area contributed by atoms with E-state index in [1.807, 2.05) is 49.4 Å². The highest BCUT2D eigenvalue weighted by Gasteiger charge is 2.07. The molecule has 2 rings (SSSR count). The summed E-state index contributed by atoms with van der Waals surface area (Å²) in [5.74, 6) is 0. The van der Waals surface area contributed by atoms with Gasteiger partial charge in [0, 0.05) is 5.69 Å². The molecule has 3 nitrogen and oxygen atoms in total. The van der Waals surface area contributed by atoms with Gasteiger partial charge in [-0.2, -0.15) is 5.26 Å². The predicted molar refractivity (Wildman–Crippen MR) is 85.4 cm³/mol. The number of nitrogens with zero attached hydrogens (tertiary/aromatic N) is 1.